The van der Waals surface area contributed by atoms with Crippen LogP contribution in [0.1, 0.15) is 25.3 Å². The second-order valence-electron chi connectivity index (χ2n) is 5.20. The van der Waals surface area contributed by atoms with Gasteiger partial charge < -0.3 is 20.5 Å². The van der Waals surface area contributed by atoms with Gasteiger partial charge >= 0.3 is 0 Å². The molecule has 1 amide bonds. The van der Waals surface area contributed by atoms with Gasteiger partial charge in [0.25, 0.3) is 0 Å². The first-order valence-electron chi connectivity index (χ1n) is 7.28. The molecule has 21 heavy (non-hydrogen) atoms. The Kier molecular flexibility index (Phi) is 7.61. The van der Waals surface area contributed by atoms with E-state index in [0.717, 1.165) is 18.4 Å². The fourth-order valence-electron chi connectivity index (χ4n) is 2.03. The molecule has 0 saturated heterocycles. The Hall–Kier alpha value is -1.75. The molecule has 0 aromatic heterocycles. The Morgan fingerprint density at radius 3 is 2.62 bits per heavy atom. The quantitative estimate of drug-likeness (QED) is 0.680. The minimum Gasteiger partial charge on any atom is -0.493 e. The van der Waals surface area contributed by atoms with Crippen molar-refractivity contribution in [2.45, 2.75) is 26.2 Å². The van der Waals surface area contributed by atoms with Crippen molar-refractivity contribution in [1.82, 2.24) is 5.32 Å². The predicted octanol–water partition coefficient (Wildman–Crippen LogP) is 1.74. The molecule has 0 bridgehead atoms. The van der Waals surface area contributed by atoms with Crippen LogP contribution in [0.4, 0.5) is 0 Å². The fraction of sp³-hybridized carbons (Fsp3) is 0.562. The summed E-state index contributed by atoms with van der Waals surface area (Å²) in [7, 11) is 3.17. The molecular weight excluding hydrogens is 268 g/mol. The van der Waals surface area contributed by atoms with Crippen molar-refractivity contribution >= 4 is 5.91 Å². The molecule has 0 aliphatic rings. The third-order valence-electron chi connectivity index (χ3n) is 3.41. The van der Waals surface area contributed by atoms with Crippen molar-refractivity contribution in [1.29, 1.82) is 0 Å². The van der Waals surface area contributed by atoms with Crippen LogP contribution in [0.3, 0.4) is 0 Å². The Balaban J connectivity index is 2.41. The van der Waals surface area contributed by atoms with E-state index in [2.05, 4.69) is 12.2 Å². The summed E-state index contributed by atoms with van der Waals surface area (Å²) in [5.41, 5.74) is 6.46. The topological polar surface area (TPSA) is 73.6 Å². The van der Waals surface area contributed by atoms with Gasteiger partial charge in [-0.3, -0.25) is 4.79 Å². The summed E-state index contributed by atoms with van der Waals surface area (Å²) < 4.78 is 10.4. The van der Waals surface area contributed by atoms with Gasteiger partial charge in [-0.05, 0) is 43.0 Å². The minimum absolute atomic E-state index is 0.0163. The van der Waals surface area contributed by atoms with Crippen LogP contribution in [0.25, 0.3) is 0 Å². The third kappa shape index (κ3) is 6.04. The predicted molar refractivity (Wildman–Crippen MR) is 83.7 cm³/mol. The molecule has 3 N–H and O–H groups in total. The van der Waals surface area contributed by atoms with Gasteiger partial charge in [-0.1, -0.05) is 13.0 Å². The molecule has 0 spiro atoms. The SMILES string of the molecule is COc1ccc(CC(=O)NCCCC(C)CN)cc1OC. The molecule has 0 aliphatic carbocycles. The molecule has 0 aliphatic heterocycles. The lowest BCUT2D eigenvalue weighted by molar-refractivity contribution is -0.120. The molecule has 118 valence electrons. The third-order valence-corrected chi connectivity index (χ3v) is 3.41. The highest BCUT2D eigenvalue weighted by atomic mass is 16.5. The van der Waals surface area contributed by atoms with Crippen molar-refractivity contribution in [3.63, 3.8) is 0 Å². The lowest BCUT2D eigenvalue weighted by atomic mass is 10.1. The van der Waals surface area contributed by atoms with Gasteiger partial charge in [0.1, 0.15) is 0 Å². The van der Waals surface area contributed by atoms with E-state index in [4.69, 9.17) is 15.2 Å². The van der Waals surface area contributed by atoms with Crippen molar-refractivity contribution in [2.75, 3.05) is 27.3 Å². The van der Waals surface area contributed by atoms with Crippen LogP contribution in [0.2, 0.25) is 0 Å². The Morgan fingerprint density at radius 2 is 2.00 bits per heavy atom. The van der Waals surface area contributed by atoms with Gasteiger partial charge in [0.05, 0.1) is 20.6 Å². The first-order valence-corrected chi connectivity index (χ1v) is 7.28. The van der Waals surface area contributed by atoms with Crippen LogP contribution in [0.5, 0.6) is 11.5 Å². The number of rotatable bonds is 9. The number of hydrogen-bond acceptors (Lipinski definition) is 4. The normalized spacial score (nSPS) is 11.8. The van der Waals surface area contributed by atoms with Gasteiger partial charge in [-0.2, -0.15) is 0 Å². The highest BCUT2D eigenvalue weighted by Crippen LogP contribution is 2.27. The summed E-state index contributed by atoms with van der Waals surface area (Å²) in [4.78, 5) is 11.9. The molecule has 1 atom stereocenters. The average molecular weight is 294 g/mol. The van der Waals surface area contributed by atoms with Crippen molar-refractivity contribution in [2.24, 2.45) is 11.7 Å². The number of ether oxygens (including phenoxy) is 2. The maximum Gasteiger partial charge on any atom is 0.224 e. The lowest BCUT2D eigenvalue weighted by Gasteiger charge is -2.11. The number of methoxy groups -OCH3 is 2. The Morgan fingerprint density at radius 1 is 1.29 bits per heavy atom. The van der Waals surface area contributed by atoms with Crippen molar-refractivity contribution < 1.29 is 14.3 Å². The largest absolute Gasteiger partial charge is 0.493 e. The maximum absolute atomic E-state index is 11.9. The molecule has 1 rings (SSSR count). The van der Waals surface area contributed by atoms with Crippen LogP contribution in [0, 0.1) is 5.92 Å². The van der Waals surface area contributed by atoms with E-state index in [0.29, 0.717) is 36.9 Å². The van der Waals surface area contributed by atoms with Crippen molar-refractivity contribution in [3.8, 4) is 11.5 Å². The number of hydrogen-bond donors (Lipinski definition) is 2. The Bertz CT molecular complexity index is 449. The first kappa shape index (κ1) is 17.3. The summed E-state index contributed by atoms with van der Waals surface area (Å²) in [6.45, 7) is 3.50. The molecule has 1 aromatic carbocycles. The molecule has 5 nitrogen and oxygen atoms in total. The maximum atomic E-state index is 11.9. The molecule has 0 heterocycles. The lowest BCUT2D eigenvalue weighted by Crippen LogP contribution is -2.26. The molecule has 1 unspecified atom stereocenters. The number of nitrogens with two attached hydrogens (primary N) is 1. The zero-order valence-electron chi connectivity index (χ0n) is 13.1. The first-order chi connectivity index (χ1) is 10.1. The second kappa shape index (κ2) is 9.23. The van der Waals surface area contributed by atoms with Gasteiger partial charge in [-0.25, -0.2) is 0 Å². The van der Waals surface area contributed by atoms with E-state index >= 15 is 0 Å². The number of amides is 1. The molecule has 0 saturated carbocycles. The summed E-state index contributed by atoms with van der Waals surface area (Å²) in [5.74, 6) is 1.83. The zero-order chi connectivity index (χ0) is 15.7. The van der Waals surface area contributed by atoms with Crippen LogP contribution < -0.4 is 20.5 Å². The van der Waals surface area contributed by atoms with Crippen LogP contribution >= 0.6 is 0 Å². The number of carbonyl (C=O) groups is 1. The van der Waals surface area contributed by atoms with Gasteiger partial charge in [0, 0.05) is 6.54 Å². The number of carbonyl (C=O) groups excluding carboxylic acids is 1. The van der Waals surface area contributed by atoms with E-state index in [-0.39, 0.29) is 5.91 Å². The molecular formula is C16H26N2O3. The summed E-state index contributed by atoms with van der Waals surface area (Å²) >= 11 is 0. The second-order valence-corrected chi connectivity index (χ2v) is 5.20. The zero-order valence-corrected chi connectivity index (χ0v) is 13.1. The van der Waals surface area contributed by atoms with Gasteiger partial charge in [0.2, 0.25) is 5.91 Å². The summed E-state index contributed by atoms with van der Waals surface area (Å²) in [6, 6.07) is 5.51. The van der Waals surface area contributed by atoms with Crippen molar-refractivity contribution in [3.05, 3.63) is 23.8 Å². The Labute approximate surface area is 126 Å². The standard InChI is InChI=1S/C16H26N2O3/c1-12(11-17)5-4-8-18-16(19)10-13-6-7-14(20-2)15(9-13)21-3/h6-7,9,12H,4-5,8,10-11,17H2,1-3H3,(H,18,19). The molecule has 0 fully saturated rings. The molecule has 5 heteroatoms. The average Bonchev–Trinajstić information content (AvgIpc) is 2.51. The highest BCUT2D eigenvalue weighted by molar-refractivity contribution is 5.78. The van der Waals surface area contributed by atoms with Crippen LogP contribution in [-0.2, 0) is 11.2 Å². The van der Waals surface area contributed by atoms with Crippen LogP contribution in [0.15, 0.2) is 18.2 Å². The van der Waals surface area contributed by atoms with Gasteiger partial charge in [0.15, 0.2) is 11.5 Å². The minimum atomic E-state index is 0.0163. The van der Waals surface area contributed by atoms with E-state index < -0.39 is 0 Å². The van der Waals surface area contributed by atoms with Gasteiger partial charge in [-0.15, -0.1) is 0 Å². The van der Waals surface area contributed by atoms with E-state index in [1.165, 1.54) is 0 Å². The number of benzene rings is 1. The highest BCUT2D eigenvalue weighted by Gasteiger charge is 2.08. The number of nitrogens with one attached hydrogen (secondary N) is 1. The molecule has 0 radical (unpaired) electrons. The monoisotopic (exact) mass is 294 g/mol. The van der Waals surface area contributed by atoms with E-state index in [1.54, 1.807) is 14.2 Å². The smallest absolute Gasteiger partial charge is 0.224 e. The fourth-order valence-corrected chi connectivity index (χ4v) is 2.03. The summed E-state index contributed by atoms with van der Waals surface area (Å²) in [5, 5.41) is 2.92. The van der Waals surface area contributed by atoms with E-state index in [9.17, 15) is 4.79 Å². The molecule has 1 aromatic rings. The summed E-state index contributed by atoms with van der Waals surface area (Å²) in [6.07, 6.45) is 2.33. The van der Waals surface area contributed by atoms with E-state index in [1.807, 2.05) is 18.2 Å². The van der Waals surface area contributed by atoms with Crippen LogP contribution in [-0.4, -0.2) is 33.2 Å².